The molecule has 106 valence electrons. The molecule has 1 amide bonds. The molecule has 0 bridgehead atoms. The van der Waals surface area contributed by atoms with Crippen molar-refractivity contribution in [3.05, 3.63) is 0 Å². The van der Waals surface area contributed by atoms with Gasteiger partial charge in [0.2, 0.25) is 5.91 Å². The van der Waals surface area contributed by atoms with Crippen LogP contribution in [0.1, 0.15) is 57.8 Å². The predicted molar refractivity (Wildman–Crippen MR) is 73.2 cm³/mol. The van der Waals surface area contributed by atoms with Gasteiger partial charge < -0.3 is 15.7 Å². The highest BCUT2D eigenvalue weighted by molar-refractivity contribution is 5.76. The lowest BCUT2D eigenvalue weighted by Gasteiger charge is -2.34. The summed E-state index contributed by atoms with van der Waals surface area (Å²) in [4.78, 5) is 14.1. The average molecular weight is 256 g/mol. The van der Waals surface area contributed by atoms with Crippen molar-refractivity contribution in [2.45, 2.75) is 63.8 Å². The van der Waals surface area contributed by atoms with Gasteiger partial charge in [-0.15, -0.1) is 0 Å². The van der Waals surface area contributed by atoms with E-state index in [0.717, 1.165) is 32.1 Å². The smallest absolute Gasteiger partial charge is 0.222 e. The highest BCUT2D eigenvalue weighted by Crippen LogP contribution is 2.23. The molecule has 1 aliphatic carbocycles. The summed E-state index contributed by atoms with van der Waals surface area (Å²) in [5, 5.41) is 9.12. The first-order valence-electron chi connectivity index (χ1n) is 7.40. The molecule has 0 unspecified atom stereocenters. The Labute approximate surface area is 111 Å². The Balaban J connectivity index is 2.36. The van der Waals surface area contributed by atoms with Gasteiger partial charge in [-0.3, -0.25) is 4.79 Å². The lowest BCUT2D eigenvalue weighted by atomic mass is 9.94. The fourth-order valence-corrected chi connectivity index (χ4v) is 2.75. The molecule has 0 heterocycles. The van der Waals surface area contributed by atoms with Crippen LogP contribution in [0.5, 0.6) is 0 Å². The Bertz CT molecular complexity index is 228. The molecule has 4 heteroatoms. The van der Waals surface area contributed by atoms with E-state index < -0.39 is 0 Å². The van der Waals surface area contributed by atoms with Crippen LogP contribution in [0.3, 0.4) is 0 Å². The number of nitrogens with two attached hydrogens (primary N) is 1. The molecule has 18 heavy (non-hydrogen) atoms. The summed E-state index contributed by atoms with van der Waals surface area (Å²) in [5.41, 5.74) is 5.44. The van der Waals surface area contributed by atoms with E-state index in [2.05, 4.69) is 0 Å². The fourth-order valence-electron chi connectivity index (χ4n) is 2.75. The summed E-state index contributed by atoms with van der Waals surface area (Å²) < 4.78 is 0. The molecule has 0 aliphatic heterocycles. The maximum atomic E-state index is 12.2. The number of hydrogen-bond acceptors (Lipinski definition) is 3. The minimum absolute atomic E-state index is 0.0744. The van der Waals surface area contributed by atoms with Crippen LogP contribution in [-0.2, 0) is 4.79 Å². The zero-order valence-electron chi connectivity index (χ0n) is 11.4. The summed E-state index contributed by atoms with van der Waals surface area (Å²) >= 11 is 0. The minimum atomic E-state index is 0.0744. The second-order valence-corrected chi connectivity index (χ2v) is 5.20. The molecule has 0 aromatic carbocycles. The van der Waals surface area contributed by atoms with Crippen molar-refractivity contribution in [3.63, 3.8) is 0 Å². The summed E-state index contributed by atoms with van der Waals surface area (Å²) in [6.07, 6.45) is 9.48. The average Bonchev–Trinajstić information content (AvgIpc) is 2.41. The number of carbonyl (C=O) groups excluding carboxylic acids is 1. The minimum Gasteiger partial charge on any atom is -0.395 e. The molecule has 0 radical (unpaired) electrons. The van der Waals surface area contributed by atoms with E-state index in [9.17, 15) is 4.79 Å². The zero-order valence-corrected chi connectivity index (χ0v) is 11.4. The number of aliphatic hydroxyl groups is 1. The van der Waals surface area contributed by atoms with Crippen LogP contribution in [0.4, 0.5) is 0 Å². The van der Waals surface area contributed by atoms with Gasteiger partial charge in [-0.25, -0.2) is 0 Å². The Morgan fingerprint density at radius 3 is 2.50 bits per heavy atom. The SMILES string of the molecule is NCCCCCC(=O)N(CCO)C1CCCCC1. The van der Waals surface area contributed by atoms with Crippen LogP contribution in [0, 0.1) is 0 Å². The molecule has 0 spiro atoms. The van der Waals surface area contributed by atoms with Crippen molar-refractivity contribution in [2.75, 3.05) is 19.7 Å². The third-order valence-corrected chi connectivity index (χ3v) is 3.77. The summed E-state index contributed by atoms with van der Waals surface area (Å²) in [6, 6.07) is 0.368. The van der Waals surface area contributed by atoms with Crippen molar-refractivity contribution < 1.29 is 9.90 Å². The third-order valence-electron chi connectivity index (χ3n) is 3.77. The van der Waals surface area contributed by atoms with E-state index in [1.54, 1.807) is 0 Å². The molecular formula is C14H28N2O2. The summed E-state index contributed by atoms with van der Waals surface area (Å²) in [6.45, 7) is 1.28. The fraction of sp³-hybridized carbons (Fsp3) is 0.929. The van der Waals surface area contributed by atoms with Gasteiger partial charge in [0.1, 0.15) is 0 Å². The van der Waals surface area contributed by atoms with Gasteiger partial charge in [0.05, 0.1) is 6.61 Å². The Hall–Kier alpha value is -0.610. The third kappa shape index (κ3) is 5.36. The molecular weight excluding hydrogens is 228 g/mol. The van der Waals surface area contributed by atoms with Crippen molar-refractivity contribution in [1.82, 2.24) is 4.90 Å². The maximum Gasteiger partial charge on any atom is 0.222 e. The first kappa shape index (κ1) is 15.4. The van der Waals surface area contributed by atoms with Crippen molar-refractivity contribution in [3.8, 4) is 0 Å². The number of rotatable bonds is 8. The summed E-state index contributed by atoms with van der Waals surface area (Å²) in [7, 11) is 0. The number of amides is 1. The standard InChI is InChI=1S/C14H28N2O2/c15-10-6-2-5-9-14(18)16(11-12-17)13-7-3-1-4-8-13/h13,17H,1-12,15H2. The molecule has 1 fully saturated rings. The normalized spacial score (nSPS) is 16.8. The Morgan fingerprint density at radius 2 is 1.89 bits per heavy atom. The van der Waals surface area contributed by atoms with Crippen molar-refractivity contribution in [1.29, 1.82) is 0 Å². The number of carbonyl (C=O) groups is 1. The van der Waals surface area contributed by atoms with Crippen LogP contribution in [0.25, 0.3) is 0 Å². The van der Waals surface area contributed by atoms with Gasteiger partial charge in [-0.2, -0.15) is 0 Å². The van der Waals surface area contributed by atoms with E-state index in [4.69, 9.17) is 10.8 Å². The van der Waals surface area contributed by atoms with Gasteiger partial charge in [-0.05, 0) is 32.2 Å². The number of unbranched alkanes of at least 4 members (excludes halogenated alkanes) is 2. The van der Waals surface area contributed by atoms with Crippen LogP contribution in [0.2, 0.25) is 0 Å². The molecule has 1 rings (SSSR count). The molecule has 1 saturated carbocycles. The molecule has 1 aliphatic rings. The molecule has 3 N–H and O–H groups in total. The largest absolute Gasteiger partial charge is 0.395 e. The van der Waals surface area contributed by atoms with Crippen LogP contribution >= 0.6 is 0 Å². The first-order valence-corrected chi connectivity index (χ1v) is 7.40. The van der Waals surface area contributed by atoms with Crippen LogP contribution < -0.4 is 5.73 Å². The lowest BCUT2D eigenvalue weighted by Crippen LogP contribution is -2.43. The van der Waals surface area contributed by atoms with Crippen LogP contribution in [0.15, 0.2) is 0 Å². The molecule has 0 atom stereocenters. The zero-order chi connectivity index (χ0) is 13.2. The molecule has 4 nitrogen and oxygen atoms in total. The number of nitrogens with zero attached hydrogens (tertiary/aromatic N) is 1. The predicted octanol–water partition coefficient (Wildman–Crippen LogP) is 1.66. The highest BCUT2D eigenvalue weighted by atomic mass is 16.3. The molecule has 0 aromatic rings. The van der Waals surface area contributed by atoms with E-state index in [1.807, 2.05) is 4.90 Å². The van der Waals surface area contributed by atoms with Gasteiger partial charge in [-0.1, -0.05) is 25.7 Å². The second-order valence-electron chi connectivity index (χ2n) is 5.20. The Kier molecular flexibility index (Phi) is 8.01. The van der Waals surface area contributed by atoms with Gasteiger partial charge in [0, 0.05) is 19.0 Å². The van der Waals surface area contributed by atoms with Crippen LogP contribution in [-0.4, -0.2) is 41.7 Å². The van der Waals surface area contributed by atoms with E-state index in [0.29, 0.717) is 25.6 Å². The quantitative estimate of drug-likeness (QED) is 0.649. The Morgan fingerprint density at radius 1 is 1.17 bits per heavy atom. The lowest BCUT2D eigenvalue weighted by molar-refractivity contribution is -0.135. The van der Waals surface area contributed by atoms with Gasteiger partial charge >= 0.3 is 0 Å². The molecule has 0 aromatic heterocycles. The number of aliphatic hydroxyl groups excluding tert-OH is 1. The van der Waals surface area contributed by atoms with Gasteiger partial charge in [0.15, 0.2) is 0 Å². The monoisotopic (exact) mass is 256 g/mol. The van der Waals surface area contributed by atoms with Gasteiger partial charge in [0.25, 0.3) is 0 Å². The van der Waals surface area contributed by atoms with Crippen molar-refractivity contribution in [2.24, 2.45) is 5.73 Å². The summed E-state index contributed by atoms with van der Waals surface area (Å²) in [5.74, 6) is 0.216. The van der Waals surface area contributed by atoms with E-state index >= 15 is 0 Å². The number of hydrogen-bond donors (Lipinski definition) is 2. The second kappa shape index (κ2) is 9.34. The van der Waals surface area contributed by atoms with E-state index in [1.165, 1.54) is 19.3 Å². The topological polar surface area (TPSA) is 66.6 Å². The first-order chi connectivity index (χ1) is 8.79. The molecule has 0 saturated heterocycles. The van der Waals surface area contributed by atoms with Crippen molar-refractivity contribution >= 4 is 5.91 Å². The van der Waals surface area contributed by atoms with E-state index in [-0.39, 0.29) is 12.5 Å². The highest BCUT2D eigenvalue weighted by Gasteiger charge is 2.24. The maximum absolute atomic E-state index is 12.2.